The van der Waals surface area contributed by atoms with Crippen molar-refractivity contribution in [1.29, 1.82) is 0 Å². The molecule has 4 nitrogen and oxygen atoms in total. The van der Waals surface area contributed by atoms with Crippen molar-refractivity contribution in [3.8, 4) is 0 Å². The van der Waals surface area contributed by atoms with E-state index in [-0.39, 0.29) is 24.3 Å². The second-order valence-electron chi connectivity index (χ2n) is 8.27. The highest BCUT2D eigenvalue weighted by Gasteiger charge is 2.68. The molecule has 3 aliphatic carbocycles. The van der Waals surface area contributed by atoms with Crippen LogP contribution in [0, 0.1) is 11.8 Å². The van der Waals surface area contributed by atoms with E-state index < -0.39 is 17.3 Å². The molecular formula is C25H18BrNO3. The monoisotopic (exact) mass is 459 g/mol. The van der Waals surface area contributed by atoms with Crippen molar-refractivity contribution in [2.45, 2.75) is 11.3 Å². The molecular weight excluding hydrogens is 442 g/mol. The lowest BCUT2D eigenvalue weighted by molar-refractivity contribution is -0.124. The molecule has 2 atom stereocenters. The number of carbonyl (C=O) groups excluding carboxylic acids is 2. The van der Waals surface area contributed by atoms with Gasteiger partial charge in [0.1, 0.15) is 0 Å². The molecule has 148 valence electrons. The third kappa shape index (κ3) is 1.99. The zero-order chi connectivity index (χ0) is 20.6. The fourth-order valence-electron chi connectivity index (χ4n) is 6.04. The van der Waals surface area contributed by atoms with E-state index in [1.807, 2.05) is 60.7 Å². The lowest BCUT2D eigenvalue weighted by Gasteiger charge is -2.53. The van der Waals surface area contributed by atoms with Crippen LogP contribution in [-0.2, 0) is 15.0 Å². The van der Waals surface area contributed by atoms with Crippen molar-refractivity contribution in [3.05, 3.63) is 99.5 Å². The first-order valence-electron chi connectivity index (χ1n) is 10.0. The van der Waals surface area contributed by atoms with Crippen molar-refractivity contribution >= 4 is 33.4 Å². The summed E-state index contributed by atoms with van der Waals surface area (Å²) in [5, 5.41) is 10.8. The Morgan fingerprint density at radius 1 is 0.833 bits per heavy atom. The average Bonchev–Trinajstić information content (AvgIpc) is 3.05. The maximum Gasteiger partial charge on any atom is 0.239 e. The van der Waals surface area contributed by atoms with Crippen molar-refractivity contribution in [3.63, 3.8) is 0 Å². The smallest absolute Gasteiger partial charge is 0.239 e. The van der Waals surface area contributed by atoms with E-state index in [2.05, 4.69) is 15.9 Å². The Hall–Kier alpha value is -2.76. The van der Waals surface area contributed by atoms with Gasteiger partial charge in [0.25, 0.3) is 0 Å². The number of aliphatic hydroxyl groups excluding tert-OH is 1. The summed E-state index contributed by atoms with van der Waals surface area (Å²) < 4.78 is 0.884. The molecule has 1 saturated heterocycles. The number of imide groups is 1. The summed E-state index contributed by atoms with van der Waals surface area (Å²) in [6, 6.07) is 23.1. The maximum absolute atomic E-state index is 13.8. The quantitative estimate of drug-likeness (QED) is 0.589. The van der Waals surface area contributed by atoms with E-state index in [1.165, 1.54) is 4.90 Å². The molecule has 4 aliphatic rings. The third-order valence-electron chi connectivity index (χ3n) is 7.13. The van der Waals surface area contributed by atoms with Gasteiger partial charge in [0.15, 0.2) is 0 Å². The number of aliphatic hydroxyl groups is 1. The zero-order valence-electron chi connectivity index (χ0n) is 16.0. The second-order valence-corrected chi connectivity index (χ2v) is 9.19. The van der Waals surface area contributed by atoms with Gasteiger partial charge in [-0.25, -0.2) is 4.90 Å². The van der Waals surface area contributed by atoms with Crippen LogP contribution in [0.3, 0.4) is 0 Å². The van der Waals surface area contributed by atoms with Crippen LogP contribution in [0.5, 0.6) is 0 Å². The number of hydrogen-bond donors (Lipinski definition) is 1. The van der Waals surface area contributed by atoms with E-state index in [1.54, 1.807) is 12.1 Å². The first-order chi connectivity index (χ1) is 14.6. The molecule has 1 N–H and O–H groups in total. The van der Waals surface area contributed by atoms with Gasteiger partial charge in [-0.3, -0.25) is 9.59 Å². The van der Waals surface area contributed by atoms with E-state index >= 15 is 0 Å². The van der Waals surface area contributed by atoms with Gasteiger partial charge in [-0.05, 0) is 46.5 Å². The molecule has 2 amide bonds. The van der Waals surface area contributed by atoms with Crippen LogP contribution in [0.15, 0.2) is 77.3 Å². The van der Waals surface area contributed by atoms with Crippen molar-refractivity contribution in [2.75, 3.05) is 11.5 Å². The Kier molecular flexibility index (Phi) is 3.68. The van der Waals surface area contributed by atoms with E-state index in [0.29, 0.717) is 5.69 Å². The number of halogens is 1. The molecule has 1 aliphatic heterocycles. The first-order valence-corrected chi connectivity index (χ1v) is 10.8. The highest BCUT2D eigenvalue weighted by molar-refractivity contribution is 9.10. The zero-order valence-corrected chi connectivity index (χ0v) is 17.5. The highest BCUT2D eigenvalue weighted by atomic mass is 79.9. The second kappa shape index (κ2) is 6.13. The fourth-order valence-corrected chi connectivity index (χ4v) is 6.31. The molecule has 30 heavy (non-hydrogen) atoms. The molecule has 0 aromatic heterocycles. The summed E-state index contributed by atoms with van der Waals surface area (Å²) in [7, 11) is 0. The number of nitrogens with zero attached hydrogens (tertiary/aromatic N) is 1. The van der Waals surface area contributed by atoms with Crippen LogP contribution in [0.2, 0.25) is 0 Å². The molecule has 0 radical (unpaired) electrons. The molecule has 0 saturated carbocycles. The molecule has 5 heteroatoms. The number of rotatable bonds is 2. The van der Waals surface area contributed by atoms with Gasteiger partial charge in [-0.2, -0.15) is 0 Å². The van der Waals surface area contributed by atoms with E-state index in [9.17, 15) is 14.7 Å². The minimum atomic E-state index is -0.913. The minimum Gasteiger partial charge on any atom is -0.395 e. The molecule has 0 spiro atoms. The predicted molar refractivity (Wildman–Crippen MR) is 116 cm³/mol. The molecule has 2 bridgehead atoms. The van der Waals surface area contributed by atoms with Crippen LogP contribution >= 0.6 is 15.9 Å². The van der Waals surface area contributed by atoms with Crippen LogP contribution in [0.4, 0.5) is 5.69 Å². The van der Waals surface area contributed by atoms with Crippen molar-refractivity contribution in [2.24, 2.45) is 11.8 Å². The lowest BCUT2D eigenvalue weighted by atomic mass is 9.47. The Labute approximate surface area is 182 Å². The number of anilines is 1. The summed E-state index contributed by atoms with van der Waals surface area (Å²) in [6.07, 6.45) is 0. The first kappa shape index (κ1) is 18.0. The Bertz CT molecular complexity index is 1170. The molecule has 1 fully saturated rings. The third-order valence-corrected chi connectivity index (χ3v) is 7.66. The van der Waals surface area contributed by atoms with Gasteiger partial charge in [-0.1, -0.05) is 64.5 Å². The number of amides is 2. The summed E-state index contributed by atoms with van der Waals surface area (Å²) >= 11 is 3.41. The van der Waals surface area contributed by atoms with E-state index in [4.69, 9.17) is 0 Å². The highest BCUT2D eigenvalue weighted by Crippen LogP contribution is 2.64. The molecule has 3 aromatic carbocycles. The average molecular weight is 460 g/mol. The van der Waals surface area contributed by atoms with Gasteiger partial charge < -0.3 is 5.11 Å². The number of hydrogen-bond acceptors (Lipinski definition) is 3. The Morgan fingerprint density at radius 3 is 1.97 bits per heavy atom. The van der Waals surface area contributed by atoms with Crippen LogP contribution < -0.4 is 4.90 Å². The molecule has 0 unspecified atom stereocenters. The lowest BCUT2D eigenvalue weighted by Crippen LogP contribution is -2.55. The SMILES string of the molecule is O=C1[C@H]2C3c4ccccc4C(CO)(c4ccccc43)[C@H]2C(=O)N1c1ccc(Br)cc1. The van der Waals surface area contributed by atoms with Gasteiger partial charge >= 0.3 is 0 Å². The van der Waals surface area contributed by atoms with Crippen LogP contribution in [0.1, 0.15) is 28.2 Å². The van der Waals surface area contributed by atoms with Gasteiger partial charge in [0, 0.05) is 10.4 Å². The van der Waals surface area contributed by atoms with Crippen molar-refractivity contribution < 1.29 is 14.7 Å². The summed E-state index contributed by atoms with van der Waals surface area (Å²) in [4.78, 5) is 28.8. The minimum absolute atomic E-state index is 0.181. The normalized spacial score (nSPS) is 28.3. The van der Waals surface area contributed by atoms with Crippen molar-refractivity contribution in [1.82, 2.24) is 0 Å². The predicted octanol–water partition coefficient (Wildman–Crippen LogP) is 3.99. The largest absolute Gasteiger partial charge is 0.395 e. The summed E-state index contributed by atoms with van der Waals surface area (Å²) in [5.74, 6) is -1.73. The van der Waals surface area contributed by atoms with Gasteiger partial charge in [0.05, 0.1) is 29.5 Å². The van der Waals surface area contributed by atoms with E-state index in [0.717, 1.165) is 26.7 Å². The van der Waals surface area contributed by atoms with Crippen LogP contribution in [0.25, 0.3) is 0 Å². The molecule has 3 aromatic rings. The van der Waals surface area contributed by atoms with Crippen LogP contribution in [-0.4, -0.2) is 23.5 Å². The number of carbonyl (C=O) groups is 2. The molecule has 1 heterocycles. The van der Waals surface area contributed by atoms with Gasteiger partial charge in [0.2, 0.25) is 11.8 Å². The Morgan fingerprint density at radius 2 is 1.40 bits per heavy atom. The fraction of sp³-hybridized carbons (Fsp3) is 0.200. The topological polar surface area (TPSA) is 57.6 Å². The maximum atomic E-state index is 13.8. The summed E-state index contributed by atoms with van der Waals surface area (Å²) in [6.45, 7) is -0.220. The van der Waals surface area contributed by atoms with Gasteiger partial charge in [-0.15, -0.1) is 0 Å². The standard InChI is InChI=1S/C25H18BrNO3/c26-14-9-11-15(12-10-14)27-23(29)21-20-16-5-1-3-7-18(16)25(13-28,22(21)24(27)30)19-8-4-2-6-17(19)20/h1-12,20-22,28H,13H2/t20?,21-,22+,25?/m0/s1. The number of benzene rings is 3. The Balaban J connectivity index is 1.63. The molecule has 7 rings (SSSR count). The summed E-state index contributed by atoms with van der Waals surface area (Å²) in [5.41, 5.74) is 3.69.